The highest BCUT2D eigenvalue weighted by atomic mass is 35.5. The Hall–Kier alpha value is -4.84. The molecular weight excluding hydrogens is 775 g/mol. The van der Waals surface area contributed by atoms with Crippen LogP contribution in [0.5, 0.6) is 11.5 Å². The fraction of sp³-hybridized carbons (Fsp3) is 0.442. The fourth-order valence-corrected chi connectivity index (χ4v) is 10.2. The third-order valence-corrected chi connectivity index (χ3v) is 13.8. The van der Waals surface area contributed by atoms with Crippen molar-refractivity contribution in [1.82, 2.24) is 20.2 Å². The van der Waals surface area contributed by atoms with Crippen molar-refractivity contribution in [3.05, 3.63) is 77.4 Å². The third kappa shape index (κ3) is 8.63. The first-order valence-electron chi connectivity index (χ1n) is 20.2. The van der Waals surface area contributed by atoms with Crippen molar-refractivity contribution in [2.45, 2.75) is 70.1 Å². The number of carbonyl (C=O) groups is 2. The van der Waals surface area contributed by atoms with Gasteiger partial charge >= 0.3 is 0 Å². The lowest BCUT2D eigenvalue weighted by Gasteiger charge is -2.61. The zero-order valence-electron chi connectivity index (χ0n) is 33.5. The van der Waals surface area contributed by atoms with E-state index >= 15 is 0 Å². The lowest BCUT2D eigenvalue weighted by atomic mass is 9.61. The minimum Gasteiger partial charge on any atom is -0.494 e. The molecule has 3 saturated heterocycles. The first-order valence-corrected chi connectivity index (χ1v) is 23.1. The predicted octanol–water partition coefficient (Wildman–Crippen LogP) is 7.17. The molecule has 4 aliphatic rings. The van der Waals surface area contributed by atoms with Gasteiger partial charge in [0.1, 0.15) is 29.7 Å². The highest BCUT2D eigenvalue weighted by Gasteiger charge is 2.54. The number of aromatic nitrogens is 2. The number of ether oxygens (including phenoxy) is 2. The van der Waals surface area contributed by atoms with E-state index in [1.807, 2.05) is 48.5 Å². The van der Waals surface area contributed by atoms with Gasteiger partial charge in [-0.2, -0.15) is 4.98 Å². The number of para-hydroxylation sites is 1. The molecule has 4 heterocycles. The first-order chi connectivity index (χ1) is 27.9. The highest BCUT2D eigenvalue weighted by Crippen LogP contribution is 2.51. The first kappa shape index (κ1) is 40.0. The predicted molar refractivity (Wildman–Crippen MR) is 231 cm³/mol. The number of benzene rings is 3. The summed E-state index contributed by atoms with van der Waals surface area (Å²) in [6.45, 7) is 9.89. The van der Waals surface area contributed by atoms with Gasteiger partial charge in [0, 0.05) is 66.8 Å². The second kappa shape index (κ2) is 16.4. The molecule has 15 heteroatoms. The molecule has 1 spiro atoms. The van der Waals surface area contributed by atoms with Crippen LogP contribution in [0, 0.1) is 5.41 Å². The molecule has 13 nitrogen and oxygen atoms in total. The normalized spacial score (nSPS) is 19.9. The minimum atomic E-state index is -2.55. The van der Waals surface area contributed by atoms with Crippen LogP contribution in [0.1, 0.15) is 51.0 Å². The number of nitrogens with one attached hydrogen (secondary N) is 4. The molecule has 4 aromatic rings. The van der Waals surface area contributed by atoms with Crippen molar-refractivity contribution < 1.29 is 23.6 Å². The van der Waals surface area contributed by atoms with E-state index in [0.29, 0.717) is 52.5 Å². The number of imide groups is 1. The van der Waals surface area contributed by atoms with E-state index in [-0.39, 0.29) is 17.9 Å². The van der Waals surface area contributed by atoms with Crippen molar-refractivity contribution in [1.29, 1.82) is 0 Å². The lowest BCUT2D eigenvalue weighted by Crippen LogP contribution is -2.67. The largest absolute Gasteiger partial charge is 0.494 e. The van der Waals surface area contributed by atoms with Gasteiger partial charge in [-0.25, -0.2) is 4.98 Å². The molecule has 1 unspecified atom stereocenters. The second-order valence-corrected chi connectivity index (χ2v) is 20.1. The number of methoxy groups -OCH3 is 1. The number of aryl methyl sites for hydroxylation is 1. The van der Waals surface area contributed by atoms with E-state index in [1.54, 1.807) is 26.6 Å². The van der Waals surface area contributed by atoms with Crippen molar-refractivity contribution in [2.75, 3.05) is 67.5 Å². The number of hydrogen-bond acceptors (Lipinski definition) is 12. The van der Waals surface area contributed by atoms with Crippen molar-refractivity contribution >= 4 is 70.4 Å². The molecule has 1 aromatic heterocycles. The molecule has 0 radical (unpaired) electrons. The summed E-state index contributed by atoms with van der Waals surface area (Å²) in [6.07, 6.45) is 7.86. The number of likely N-dealkylation sites (tertiary alicyclic amines) is 1. The van der Waals surface area contributed by atoms with Crippen LogP contribution >= 0.6 is 18.7 Å². The maximum Gasteiger partial charge on any atom is 0.249 e. The average molecular weight is 827 g/mol. The third-order valence-electron chi connectivity index (χ3n) is 12.0. The molecule has 4 fully saturated rings. The van der Waals surface area contributed by atoms with Crippen LogP contribution in [0.3, 0.4) is 0 Å². The molecule has 1 aliphatic carbocycles. The number of amides is 2. The van der Waals surface area contributed by atoms with Gasteiger partial charge in [0.2, 0.25) is 17.8 Å². The summed E-state index contributed by atoms with van der Waals surface area (Å²) in [7, 11) is -0.869. The summed E-state index contributed by atoms with van der Waals surface area (Å²) >= 11 is 6.52. The Labute approximate surface area is 345 Å². The van der Waals surface area contributed by atoms with Gasteiger partial charge in [-0.05, 0) is 99.9 Å². The maximum absolute atomic E-state index is 12.9. The number of hydrogen-bond donors (Lipinski definition) is 4. The van der Waals surface area contributed by atoms with Crippen molar-refractivity contribution in [3.8, 4) is 11.5 Å². The smallest absolute Gasteiger partial charge is 0.249 e. The Morgan fingerprint density at radius 2 is 1.72 bits per heavy atom. The van der Waals surface area contributed by atoms with E-state index in [1.165, 1.54) is 11.3 Å². The van der Waals surface area contributed by atoms with Gasteiger partial charge < -0.3 is 34.9 Å². The van der Waals surface area contributed by atoms with Gasteiger partial charge in [-0.15, -0.1) is 0 Å². The van der Waals surface area contributed by atoms with Crippen LogP contribution < -0.4 is 40.9 Å². The lowest BCUT2D eigenvalue weighted by molar-refractivity contribution is -0.136. The van der Waals surface area contributed by atoms with Gasteiger partial charge in [-0.3, -0.25) is 19.8 Å². The zero-order chi connectivity index (χ0) is 40.6. The topological polar surface area (TPSA) is 150 Å². The number of anilines is 6. The Morgan fingerprint density at radius 3 is 2.41 bits per heavy atom. The Bertz CT molecular complexity index is 2210. The van der Waals surface area contributed by atoms with Gasteiger partial charge in [0.25, 0.3) is 0 Å². The Kier molecular flexibility index (Phi) is 11.3. The van der Waals surface area contributed by atoms with Crippen molar-refractivity contribution in [2.24, 2.45) is 5.41 Å². The fourth-order valence-electron chi connectivity index (χ4n) is 8.92. The van der Waals surface area contributed by atoms with E-state index < -0.39 is 13.2 Å². The summed E-state index contributed by atoms with van der Waals surface area (Å²) < 4.78 is 25.2. The Morgan fingerprint density at radius 1 is 0.983 bits per heavy atom. The quantitative estimate of drug-likeness (QED) is 0.0800. The number of carbonyl (C=O) groups excluding carboxylic acids is 2. The summed E-state index contributed by atoms with van der Waals surface area (Å²) in [6, 6.07) is 19.7. The number of rotatable bonds is 13. The van der Waals surface area contributed by atoms with E-state index in [0.717, 1.165) is 80.7 Å². The molecule has 58 heavy (non-hydrogen) atoms. The van der Waals surface area contributed by atoms with E-state index in [2.05, 4.69) is 60.1 Å². The molecule has 2 amide bonds. The molecule has 8 rings (SSSR count). The second-order valence-electron chi connectivity index (χ2n) is 16.5. The Balaban J connectivity index is 0.828. The summed E-state index contributed by atoms with van der Waals surface area (Å²) in [5.41, 5.74) is 5.08. The van der Waals surface area contributed by atoms with Gasteiger partial charge in [-0.1, -0.05) is 30.7 Å². The van der Waals surface area contributed by atoms with Crippen molar-refractivity contribution in [3.63, 3.8) is 0 Å². The molecule has 4 N–H and O–H groups in total. The standard InChI is InChI=1S/C43H52ClN8O5P/c1-5-27-20-35(48-42-45-24-32(44)40(50-42)47-33-8-6-7-9-38(33)58(3,4)55)37(56-2)21-36(27)51-18-16-29(17-19-51)52-25-43(26-52)22-31(23-43)57-30-12-10-28(11-13-30)46-34-14-15-39(53)49-41(34)54/h6-13,20-21,24,29,31,34,46H,5,14-19,22-23,25-26H2,1-4H3,(H,49,53,54)(H2,45,47,48,50). The SMILES string of the molecule is CCc1cc(Nc2ncc(Cl)c(Nc3ccccc3P(C)(C)=O)n2)c(OC)cc1N1CCC(N2CC3(CC(Oc4ccc(NC5CCC(=O)NC5=O)cc4)C3)C2)CC1. The highest BCUT2D eigenvalue weighted by molar-refractivity contribution is 7.70. The molecule has 1 atom stereocenters. The van der Waals surface area contributed by atoms with Crippen LogP contribution in [0.4, 0.5) is 34.5 Å². The summed E-state index contributed by atoms with van der Waals surface area (Å²) in [4.78, 5) is 37.8. The van der Waals surface area contributed by atoms with E-state index in [4.69, 9.17) is 21.1 Å². The monoisotopic (exact) mass is 826 g/mol. The van der Waals surface area contributed by atoms with Crippen LogP contribution in [-0.4, -0.2) is 91.5 Å². The minimum absolute atomic E-state index is 0.215. The van der Waals surface area contributed by atoms with Crippen LogP contribution in [0.25, 0.3) is 0 Å². The number of halogens is 1. The zero-order valence-corrected chi connectivity index (χ0v) is 35.2. The summed E-state index contributed by atoms with van der Waals surface area (Å²) in [5, 5.41) is 13.3. The van der Waals surface area contributed by atoms with Gasteiger partial charge in [0.05, 0.1) is 30.8 Å². The summed E-state index contributed by atoms with van der Waals surface area (Å²) in [5.74, 6) is 1.84. The molecule has 306 valence electrons. The maximum atomic E-state index is 12.9. The molecule has 3 aromatic carbocycles. The average Bonchev–Trinajstić information content (AvgIpc) is 3.18. The van der Waals surface area contributed by atoms with Crippen LogP contribution in [0.2, 0.25) is 5.02 Å². The van der Waals surface area contributed by atoms with Crippen LogP contribution in [-0.2, 0) is 20.6 Å². The number of piperidine rings is 2. The van der Waals surface area contributed by atoms with E-state index in [9.17, 15) is 14.2 Å². The molecule has 1 saturated carbocycles. The van der Waals surface area contributed by atoms with Gasteiger partial charge in [0.15, 0.2) is 5.82 Å². The molecule has 3 aliphatic heterocycles. The molecule has 0 bridgehead atoms. The number of nitrogens with zero attached hydrogens (tertiary/aromatic N) is 4. The van der Waals surface area contributed by atoms with Crippen LogP contribution in [0.15, 0.2) is 66.9 Å². The molecular formula is C43H52ClN8O5P.